The summed E-state index contributed by atoms with van der Waals surface area (Å²) >= 11 is 6.04. The predicted octanol–water partition coefficient (Wildman–Crippen LogP) is 3.35. The second kappa shape index (κ2) is 8.06. The molecule has 148 valence electrons. The van der Waals surface area contributed by atoms with Crippen LogP contribution in [0.2, 0.25) is 5.02 Å². The maximum atomic E-state index is 13.1. The van der Waals surface area contributed by atoms with Gasteiger partial charge < -0.3 is 19.6 Å². The molecule has 0 spiro atoms. The highest BCUT2D eigenvalue weighted by atomic mass is 35.5. The maximum Gasteiger partial charge on any atom is 0.270 e. The molecular weight excluding hydrogens is 392 g/mol. The summed E-state index contributed by atoms with van der Waals surface area (Å²) in [6.07, 6.45) is 0. The number of H-pyrrole nitrogens is 2. The molecule has 2 aromatic carbocycles. The molecule has 4 rings (SSSR count). The number of benzene rings is 2. The van der Waals surface area contributed by atoms with E-state index in [4.69, 9.17) is 16.3 Å². The Hall–Kier alpha value is -3.16. The average molecular weight is 411 g/mol. The number of nitrogens with zero attached hydrogens (tertiary/aromatic N) is 2. The zero-order valence-corrected chi connectivity index (χ0v) is 16.5. The molecule has 0 aliphatic rings. The number of methoxy groups -OCH3 is 1. The highest BCUT2D eigenvalue weighted by Gasteiger charge is 2.19. The van der Waals surface area contributed by atoms with Crippen molar-refractivity contribution in [2.75, 3.05) is 20.3 Å². The van der Waals surface area contributed by atoms with Crippen LogP contribution in [-0.2, 0) is 11.3 Å². The first-order valence-corrected chi connectivity index (χ1v) is 9.47. The van der Waals surface area contributed by atoms with Gasteiger partial charge in [0.15, 0.2) is 0 Å². The maximum absolute atomic E-state index is 13.1. The standard InChI is InChI=1S/C21H19ClN4O3/c1-29-9-8-26(12-19-24-17-5-3-2-4-15(17)20(27)25-19)21(28)18-11-13-10-14(22)6-7-16(13)23-18/h2-7,10-11,23H,8-9,12H2,1H3,(H,24,25,27). The summed E-state index contributed by atoms with van der Waals surface area (Å²) in [5.41, 5.74) is 1.61. The van der Waals surface area contributed by atoms with Gasteiger partial charge in [0.2, 0.25) is 0 Å². The Morgan fingerprint density at radius 1 is 1.17 bits per heavy atom. The fraction of sp³-hybridized carbons (Fsp3) is 0.190. The number of aromatic amines is 2. The third kappa shape index (κ3) is 4.01. The second-order valence-corrected chi connectivity index (χ2v) is 7.10. The number of rotatable bonds is 6. The van der Waals surface area contributed by atoms with Crippen molar-refractivity contribution in [3.63, 3.8) is 0 Å². The lowest BCUT2D eigenvalue weighted by molar-refractivity contribution is 0.0670. The monoisotopic (exact) mass is 410 g/mol. The highest BCUT2D eigenvalue weighted by Crippen LogP contribution is 2.21. The number of nitrogens with one attached hydrogen (secondary N) is 2. The van der Waals surface area contributed by atoms with E-state index in [2.05, 4.69) is 15.0 Å². The van der Waals surface area contributed by atoms with Crippen LogP contribution in [0, 0.1) is 0 Å². The molecule has 0 aliphatic heterocycles. The molecule has 0 atom stereocenters. The minimum Gasteiger partial charge on any atom is -0.383 e. The second-order valence-electron chi connectivity index (χ2n) is 6.66. The number of halogens is 1. The minimum atomic E-state index is -0.231. The van der Waals surface area contributed by atoms with Gasteiger partial charge in [-0.25, -0.2) is 4.98 Å². The van der Waals surface area contributed by atoms with Crippen molar-refractivity contribution >= 4 is 39.3 Å². The Labute approximate surface area is 171 Å². The Kier molecular flexibility index (Phi) is 5.33. The van der Waals surface area contributed by atoms with E-state index in [0.29, 0.717) is 40.6 Å². The number of aromatic nitrogens is 3. The van der Waals surface area contributed by atoms with Gasteiger partial charge in [0, 0.05) is 29.6 Å². The Morgan fingerprint density at radius 3 is 2.83 bits per heavy atom. The summed E-state index contributed by atoms with van der Waals surface area (Å²) in [6.45, 7) is 0.857. The smallest absolute Gasteiger partial charge is 0.270 e. The van der Waals surface area contributed by atoms with Crippen molar-refractivity contribution in [2.24, 2.45) is 0 Å². The zero-order chi connectivity index (χ0) is 20.4. The first kappa shape index (κ1) is 19.2. The molecule has 4 aromatic rings. The van der Waals surface area contributed by atoms with Crippen molar-refractivity contribution in [3.8, 4) is 0 Å². The number of carbonyl (C=O) groups is 1. The summed E-state index contributed by atoms with van der Waals surface area (Å²) in [6, 6.07) is 14.3. The molecule has 8 heteroatoms. The third-order valence-corrected chi connectivity index (χ3v) is 4.90. The number of para-hydroxylation sites is 1. The summed E-state index contributed by atoms with van der Waals surface area (Å²) in [5.74, 6) is 0.197. The summed E-state index contributed by atoms with van der Waals surface area (Å²) in [5, 5.41) is 1.97. The molecule has 7 nitrogen and oxygen atoms in total. The van der Waals surface area contributed by atoms with E-state index in [1.807, 2.05) is 12.1 Å². The fourth-order valence-electron chi connectivity index (χ4n) is 3.23. The summed E-state index contributed by atoms with van der Waals surface area (Å²) in [7, 11) is 1.57. The molecule has 0 unspecified atom stereocenters. The predicted molar refractivity (Wildman–Crippen MR) is 112 cm³/mol. The van der Waals surface area contributed by atoms with E-state index >= 15 is 0 Å². The number of hydrogen-bond donors (Lipinski definition) is 2. The molecule has 29 heavy (non-hydrogen) atoms. The minimum absolute atomic E-state index is 0.151. The first-order valence-electron chi connectivity index (χ1n) is 9.09. The van der Waals surface area contributed by atoms with E-state index < -0.39 is 0 Å². The lowest BCUT2D eigenvalue weighted by atomic mass is 10.2. The SMILES string of the molecule is COCCN(Cc1nc2ccccc2c(=O)[nH]1)C(=O)c1cc2cc(Cl)ccc2[nH]1. The molecule has 2 N–H and O–H groups in total. The number of amides is 1. The van der Waals surface area contributed by atoms with Crippen molar-refractivity contribution < 1.29 is 9.53 Å². The molecule has 2 heterocycles. The highest BCUT2D eigenvalue weighted by molar-refractivity contribution is 6.31. The summed E-state index contributed by atoms with van der Waals surface area (Å²) < 4.78 is 5.15. The van der Waals surface area contributed by atoms with Crippen LogP contribution >= 0.6 is 11.6 Å². The van der Waals surface area contributed by atoms with E-state index in [-0.39, 0.29) is 18.0 Å². The number of hydrogen-bond acceptors (Lipinski definition) is 4. The third-order valence-electron chi connectivity index (χ3n) is 4.67. The van der Waals surface area contributed by atoms with Gasteiger partial charge in [-0.05, 0) is 36.4 Å². The van der Waals surface area contributed by atoms with E-state index in [0.717, 1.165) is 10.9 Å². The molecular formula is C21H19ClN4O3. The van der Waals surface area contributed by atoms with Crippen molar-refractivity contribution in [2.45, 2.75) is 6.54 Å². The molecule has 0 saturated heterocycles. The number of carbonyl (C=O) groups excluding carboxylic acids is 1. The quantitative estimate of drug-likeness (QED) is 0.510. The average Bonchev–Trinajstić information content (AvgIpc) is 3.14. The first-order chi connectivity index (χ1) is 14.0. The Bertz CT molecular complexity index is 1250. The van der Waals surface area contributed by atoms with Gasteiger partial charge in [0.05, 0.1) is 24.1 Å². The molecule has 0 radical (unpaired) electrons. The van der Waals surface area contributed by atoms with Gasteiger partial charge in [-0.3, -0.25) is 9.59 Å². The Balaban J connectivity index is 1.66. The topological polar surface area (TPSA) is 91.1 Å². The molecule has 0 bridgehead atoms. The van der Waals surface area contributed by atoms with Gasteiger partial charge in [-0.15, -0.1) is 0 Å². The van der Waals surface area contributed by atoms with Crippen LogP contribution in [0.3, 0.4) is 0 Å². The molecule has 0 saturated carbocycles. The van der Waals surface area contributed by atoms with Crippen LogP contribution in [0.5, 0.6) is 0 Å². The molecule has 1 amide bonds. The van der Waals surface area contributed by atoms with Crippen LogP contribution in [0.1, 0.15) is 16.3 Å². The van der Waals surface area contributed by atoms with Crippen molar-refractivity contribution in [1.82, 2.24) is 19.9 Å². The van der Waals surface area contributed by atoms with Crippen molar-refractivity contribution in [3.05, 3.63) is 75.4 Å². The normalized spacial score (nSPS) is 11.2. The molecule has 0 fully saturated rings. The van der Waals surface area contributed by atoms with Crippen LogP contribution < -0.4 is 5.56 Å². The largest absolute Gasteiger partial charge is 0.383 e. The van der Waals surface area contributed by atoms with Gasteiger partial charge in [-0.1, -0.05) is 23.7 Å². The lowest BCUT2D eigenvalue weighted by Gasteiger charge is -2.21. The van der Waals surface area contributed by atoms with Crippen LogP contribution in [0.15, 0.2) is 53.3 Å². The molecule has 0 aliphatic carbocycles. The van der Waals surface area contributed by atoms with Gasteiger partial charge >= 0.3 is 0 Å². The number of ether oxygens (including phenoxy) is 1. The van der Waals surface area contributed by atoms with Crippen molar-refractivity contribution in [1.29, 1.82) is 0 Å². The summed E-state index contributed by atoms with van der Waals surface area (Å²) in [4.78, 5) is 37.5. The van der Waals surface area contributed by atoms with Gasteiger partial charge in [0.1, 0.15) is 11.5 Å². The van der Waals surface area contributed by atoms with Gasteiger partial charge in [-0.2, -0.15) is 0 Å². The number of fused-ring (bicyclic) bond motifs is 2. The lowest BCUT2D eigenvalue weighted by Crippen LogP contribution is -2.35. The van der Waals surface area contributed by atoms with E-state index in [9.17, 15) is 9.59 Å². The Morgan fingerprint density at radius 2 is 2.00 bits per heavy atom. The molecule has 2 aromatic heterocycles. The van der Waals surface area contributed by atoms with Crippen LogP contribution in [0.25, 0.3) is 21.8 Å². The zero-order valence-electron chi connectivity index (χ0n) is 15.7. The van der Waals surface area contributed by atoms with Gasteiger partial charge in [0.25, 0.3) is 11.5 Å². The van der Waals surface area contributed by atoms with E-state index in [1.165, 1.54) is 0 Å². The van der Waals surface area contributed by atoms with Crippen LogP contribution in [-0.4, -0.2) is 46.0 Å². The van der Waals surface area contributed by atoms with E-state index in [1.54, 1.807) is 48.4 Å². The fourth-order valence-corrected chi connectivity index (χ4v) is 3.41. The van der Waals surface area contributed by atoms with Crippen LogP contribution in [0.4, 0.5) is 0 Å².